The third-order valence-electron chi connectivity index (χ3n) is 3.22. The van der Waals surface area contributed by atoms with Crippen LogP contribution in [0.5, 0.6) is 0 Å². The largest absolute Gasteiger partial charge is 0.383 e. The lowest BCUT2D eigenvalue weighted by Gasteiger charge is -2.05. The Morgan fingerprint density at radius 1 is 1.11 bits per heavy atom. The highest BCUT2D eigenvalue weighted by Gasteiger charge is 2.12. The smallest absolute Gasteiger partial charge is 0.139 e. The maximum Gasteiger partial charge on any atom is 0.139 e. The van der Waals surface area contributed by atoms with E-state index in [1.54, 1.807) is 0 Å². The van der Waals surface area contributed by atoms with Gasteiger partial charge in [-0.1, -0.05) is 23.8 Å². The monoisotopic (exact) mass is 237 g/mol. The molecule has 2 aromatic heterocycles. The predicted octanol–water partition coefficient (Wildman–Crippen LogP) is 3.20. The molecule has 0 saturated carbocycles. The molecular weight excluding hydrogens is 222 g/mol. The average Bonchev–Trinajstić information content (AvgIpc) is 2.71. The molecule has 3 nitrogen and oxygen atoms in total. The summed E-state index contributed by atoms with van der Waals surface area (Å²) in [5.74, 6) is 0.694. The van der Waals surface area contributed by atoms with Crippen LogP contribution in [-0.4, -0.2) is 9.38 Å². The first kappa shape index (κ1) is 10.8. The Kier molecular flexibility index (Phi) is 2.33. The molecule has 3 aromatic rings. The van der Waals surface area contributed by atoms with Crippen molar-refractivity contribution in [3.63, 3.8) is 0 Å². The molecule has 3 rings (SSSR count). The quantitative estimate of drug-likeness (QED) is 0.706. The van der Waals surface area contributed by atoms with Crippen LogP contribution in [0.2, 0.25) is 0 Å². The normalized spacial score (nSPS) is 11.0. The second-order valence-corrected chi connectivity index (χ2v) is 4.59. The Morgan fingerprint density at radius 2 is 1.94 bits per heavy atom. The van der Waals surface area contributed by atoms with Crippen molar-refractivity contribution >= 4 is 11.5 Å². The van der Waals surface area contributed by atoms with Crippen LogP contribution in [0.15, 0.2) is 42.6 Å². The van der Waals surface area contributed by atoms with Crippen molar-refractivity contribution < 1.29 is 0 Å². The van der Waals surface area contributed by atoms with Gasteiger partial charge in [0, 0.05) is 11.8 Å². The number of nitrogens with two attached hydrogens (primary N) is 1. The molecule has 0 unspecified atom stereocenters. The van der Waals surface area contributed by atoms with Gasteiger partial charge in [-0.25, -0.2) is 4.98 Å². The van der Waals surface area contributed by atoms with Gasteiger partial charge in [-0.2, -0.15) is 0 Å². The molecule has 0 aliphatic carbocycles. The maximum atomic E-state index is 6.19. The molecule has 90 valence electrons. The van der Waals surface area contributed by atoms with E-state index in [4.69, 9.17) is 5.73 Å². The molecule has 0 radical (unpaired) electrons. The highest BCUT2D eigenvalue weighted by molar-refractivity contribution is 5.77. The van der Waals surface area contributed by atoms with Crippen molar-refractivity contribution in [2.24, 2.45) is 0 Å². The SMILES string of the molecule is Cc1ccc(C)c(-c2nc3ccccn3c2N)c1. The van der Waals surface area contributed by atoms with Crippen LogP contribution in [0.1, 0.15) is 11.1 Å². The summed E-state index contributed by atoms with van der Waals surface area (Å²) >= 11 is 0. The fourth-order valence-corrected chi connectivity index (χ4v) is 2.20. The molecule has 0 aliphatic rings. The van der Waals surface area contributed by atoms with Gasteiger partial charge in [0.05, 0.1) is 0 Å². The van der Waals surface area contributed by atoms with Gasteiger partial charge >= 0.3 is 0 Å². The lowest BCUT2D eigenvalue weighted by Crippen LogP contribution is -1.94. The van der Waals surface area contributed by atoms with Crippen molar-refractivity contribution in [1.82, 2.24) is 9.38 Å². The van der Waals surface area contributed by atoms with Gasteiger partial charge in [0.25, 0.3) is 0 Å². The number of imidazole rings is 1. The molecule has 0 bridgehead atoms. The maximum absolute atomic E-state index is 6.19. The second kappa shape index (κ2) is 3.88. The Morgan fingerprint density at radius 3 is 2.72 bits per heavy atom. The number of benzene rings is 1. The molecule has 0 fully saturated rings. The third kappa shape index (κ3) is 1.56. The standard InChI is InChI=1S/C15H15N3/c1-10-6-7-11(2)12(9-10)14-15(16)18-8-4-3-5-13(18)17-14/h3-9H,16H2,1-2H3. The number of nitrogen functional groups attached to an aromatic ring is 1. The van der Waals surface area contributed by atoms with Gasteiger partial charge in [-0.15, -0.1) is 0 Å². The van der Waals surface area contributed by atoms with E-state index < -0.39 is 0 Å². The highest BCUT2D eigenvalue weighted by Crippen LogP contribution is 2.29. The Labute approximate surface area is 106 Å². The Hall–Kier alpha value is -2.29. The fraction of sp³-hybridized carbons (Fsp3) is 0.133. The minimum absolute atomic E-state index is 0.694. The molecule has 0 saturated heterocycles. The van der Waals surface area contributed by atoms with Gasteiger partial charge in [-0.3, -0.25) is 4.40 Å². The molecule has 0 spiro atoms. The minimum Gasteiger partial charge on any atom is -0.383 e. The highest BCUT2D eigenvalue weighted by atomic mass is 15.1. The summed E-state index contributed by atoms with van der Waals surface area (Å²) in [6.07, 6.45) is 1.94. The number of anilines is 1. The van der Waals surface area contributed by atoms with Crippen molar-refractivity contribution in [3.8, 4) is 11.3 Å². The number of pyridine rings is 1. The average molecular weight is 237 g/mol. The van der Waals surface area contributed by atoms with E-state index in [9.17, 15) is 0 Å². The second-order valence-electron chi connectivity index (χ2n) is 4.59. The summed E-state index contributed by atoms with van der Waals surface area (Å²) in [7, 11) is 0. The van der Waals surface area contributed by atoms with Crippen LogP contribution in [-0.2, 0) is 0 Å². The summed E-state index contributed by atoms with van der Waals surface area (Å²) in [4.78, 5) is 4.62. The summed E-state index contributed by atoms with van der Waals surface area (Å²) in [6.45, 7) is 4.16. The van der Waals surface area contributed by atoms with E-state index in [1.807, 2.05) is 28.8 Å². The minimum atomic E-state index is 0.694. The van der Waals surface area contributed by atoms with Crippen LogP contribution in [0.4, 0.5) is 5.82 Å². The number of rotatable bonds is 1. The number of nitrogens with zero attached hydrogens (tertiary/aromatic N) is 2. The van der Waals surface area contributed by atoms with Crippen molar-refractivity contribution in [3.05, 3.63) is 53.7 Å². The van der Waals surface area contributed by atoms with E-state index in [0.717, 1.165) is 16.9 Å². The molecule has 0 amide bonds. The van der Waals surface area contributed by atoms with Crippen LogP contribution in [0.25, 0.3) is 16.9 Å². The van der Waals surface area contributed by atoms with Crippen LogP contribution in [0.3, 0.4) is 0 Å². The first-order valence-corrected chi connectivity index (χ1v) is 5.97. The molecule has 2 heterocycles. The Bertz CT molecular complexity index is 726. The summed E-state index contributed by atoms with van der Waals surface area (Å²) in [6, 6.07) is 12.2. The number of aromatic nitrogens is 2. The number of hydrogen-bond acceptors (Lipinski definition) is 2. The van der Waals surface area contributed by atoms with Crippen LogP contribution < -0.4 is 5.73 Å². The first-order valence-electron chi connectivity index (χ1n) is 5.97. The summed E-state index contributed by atoms with van der Waals surface area (Å²) < 4.78 is 1.91. The first-order chi connectivity index (χ1) is 8.66. The third-order valence-corrected chi connectivity index (χ3v) is 3.22. The Balaban J connectivity index is 2.31. The summed E-state index contributed by atoms with van der Waals surface area (Å²) in [5.41, 5.74) is 11.4. The van der Waals surface area contributed by atoms with Gasteiger partial charge in [-0.05, 0) is 37.6 Å². The predicted molar refractivity (Wildman–Crippen MR) is 74.5 cm³/mol. The van der Waals surface area contributed by atoms with Gasteiger partial charge in [0.15, 0.2) is 0 Å². The zero-order valence-electron chi connectivity index (χ0n) is 10.5. The number of aryl methyl sites for hydroxylation is 2. The summed E-state index contributed by atoms with van der Waals surface area (Å²) in [5, 5.41) is 0. The van der Waals surface area contributed by atoms with E-state index in [1.165, 1.54) is 11.1 Å². The molecule has 0 aliphatic heterocycles. The zero-order valence-corrected chi connectivity index (χ0v) is 10.5. The topological polar surface area (TPSA) is 43.3 Å². The van der Waals surface area contributed by atoms with Crippen LogP contribution >= 0.6 is 0 Å². The van der Waals surface area contributed by atoms with Crippen LogP contribution in [0, 0.1) is 13.8 Å². The van der Waals surface area contributed by atoms with Crippen molar-refractivity contribution in [1.29, 1.82) is 0 Å². The van der Waals surface area contributed by atoms with Crippen molar-refractivity contribution in [2.45, 2.75) is 13.8 Å². The van der Waals surface area contributed by atoms with E-state index in [2.05, 4.69) is 37.0 Å². The molecule has 0 atom stereocenters. The zero-order chi connectivity index (χ0) is 12.7. The van der Waals surface area contributed by atoms with E-state index >= 15 is 0 Å². The van der Waals surface area contributed by atoms with Crippen molar-refractivity contribution in [2.75, 3.05) is 5.73 Å². The molecule has 2 N–H and O–H groups in total. The number of hydrogen-bond donors (Lipinski definition) is 1. The van der Waals surface area contributed by atoms with Gasteiger partial charge in [0.1, 0.15) is 17.2 Å². The molecule has 1 aromatic carbocycles. The lowest BCUT2D eigenvalue weighted by molar-refractivity contribution is 1.20. The molecule has 18 heavy (non-hydrogen) atoms. The molecular formula is C15H15N3. The lowest BCUT2D eigenvalue weighted by atomic mass is 10.0. The van der Waals surface area contributed by atoms with Gasteiger partial charge < -0.3 is 5.73 Å². The molecule has 3 heteroatoms. The van der Waals surface area contributed by atoms with E-state index in [0.29, 0.717) is 5.82 Å². The number of fused-ring (bicyclic) bond motifs is 1. The fourth-order valence-electron chi connectivity index (χ4n) is 2.20. The van der Waals surface area contributed by atoms with Gasteiger partial charge in [0.2, 0.25) is 0 Å². The van der Waals surface area contributed by atoms with E-state index in [-0.39, 0.29) is 0 Å².